The highest BCUT2D eigenvalue weighted by atomic mass is 32.2. The first-order valence-corrected chi connectivity index (χ1v) is 12.6. The van der Waals surface area contributed by atoms with Crippen LogP contribution in [0.5, 0.6) is 0 Å². The number of carbonyl (C=O) groups is 1. The van der Waals surface area contributed by atoms with E-state index >= 15 is 0 Å². The molecule has 3 aromatic rings. The van der Waals surface area contributed by atoms with Crippen LogP contribution in [0.2, 0.25) is 0 Å². The van der Waals surface area contributed by atoms with Crippen molar-refractivity contribution in [1.29, 1.82) is 0 Å². The van der Waals surface area contributed by atoms with Crippen LogP contribution in [0.15, 0.2) is 71.8 Å². The second kappa shape index (κ2) is 9.89. The van der Waals surface area contributed by atoms with Gasteiger partial charge in [0.05, 0.1) is 10.9 Å². The fourth-order valence-electron chi connectivity index (χ4n) is 4.25. The predicted molar refractivity (Wildman–Crippen MR) is 125 cm³/mol. The second-order valence-electron chi connectivity index (χ2n) is 8.56. The highest BCUT2D eigenvalue weighted by molar-refractivity contribution is 7.89. The summed E-state index contributed by atoms with van der Waals surface area (Å²) < 4.78 is 41.5. The van der Waals surface area contributed by atoms with Gasteiger partial charge in [-0.2, -0.15) is 0 Å². The van der Waals surface area contributed by atoms with Crippen molar-refractivity contribution in [3.63, 3.8) is 0 Å². The molecule has 1 atom stereocenters. The number of hydrogen-bond acceptors (Lipinski definition) is 3. The standard InChI is InChI=1S/C25H28FN3O3S/c1-17(18-4-10-21(26)11-5-18)28-25(30)20-6-12-22(13-7-20)29-33(31,32)23-14-8-19(9-15-23)24-3-2-16-27-24/h2-5,8-11,14-17,20,22,27,29H,6-7,12-13H2,1H3,(H,28,30)/t17-,20-,22-/m1/s1. The number of aromatic amines is 1. The quantitative estimate of drug-likeness (QED) is 0.475. The zero-order chi connectivity index (χ0) is 23.4. The predicted octanol–water partition coefficient (Wildman–Crippen LogP) is 4.54. The van der Waals surface area contributed by atoms with Gasteiger partial charge >= 0.3 is 0 Å². The van der Waals surface area contributed by atoms with Gasteiger partial charge in [-0.05, 0) is 80.1 Å². The summed E-state index contributed by atoms with van der Waals surface area (Å²) in [7, 11) is -3.63. The molecule has 1 heterocycles. The summed E-state index contributed by atoms with van der Waals surface area (Å²) in [6.45, 7) is 1.87. The molecule has 33 heavy (non-hydrogen) atoms. The first-order valence-electron chi connectivity index (χ1n) is 11.1. The lowest BCUT2D eigenvalue weighted by atomic mass is 9.85. The molecule has 0 spiro atoms. The monoisotopic (exact) mass is 469 g/mol. The number of amides is 1. The molecule has 1 saturated carbocycles. The van der Waals surface area contributed by atoms with E-state index in [1.807, 2.05) is 25.3 Å². The van der Waals surface area contributed by atoms with Gasteiger partial charge in [0, 0.05) is 23.9 Å². The molecule has 1 fully saturated rings. The molecule has 4 rings (SSSR count). The van der Waals surface area contributed by atoms with Crippen LogP contribution >= 0.6 is 0 Å². The van der Waals surface area contributed by atoms with Crippen LogP contribution in [-0.2, 0) is 14.8 Å². The number of benzene rings is 2. The van der Waals surface area contributed by atoms with Gasteiger partial charge in [-0.3, -0.25) is 4.79 Å². The van der Waals surface area contributed by atoms with Crippen molar-refractivity contribution in [1.82, 2.24) is 15.0 Å². The number of H-pyrrole nitrogens is 1. The van der Waals surface area contributed by atoms with Crippen molar-refractivity contribution in [2.24, 2.45) is 5.92 Å². The maximum Gasteiger partial charge on any atom is 0.240 e. The van der Waals surface area contributed by atoms with E-state index in [-0.39, 0.29) is 34.6 Å². The van der Waals surface area contributed by atoms with Gasteiger partial charge in [-0.15, -0.1) is 0 Å². The molecule has 1 aromatic heterocycles. The Morgan fingerprint density at radius 2 is 1.67 bits per heavy atom. The minimum Gasteiger partial charge on any atom is -0.361 e. The van der Waals surface area contributed by atoms with E-state index in [0.717, 1.165) is 16.8 Å². The van der Waals surface area contributed by atoms with Crippen molar-refractivity contribution in [3.05, 3.63) is 78.2 Å². The van der Waals surface area contributed by atoms with Crippen molar-refractivity contribution in [2.45, 2.75) is 49.6 Å². The Labute approximate surface area is 193 Å². The fourth-order valence-corrected chi connectivity index (χ4v) is 5.56. The molecule has 1 aliphatic carbocycles. The highest BCUT2D eigenvalue weighted by Crippen LogP contribution is 2.27. The molecular weight excluding hydrogens is 441 g/mol. The highest BCUT2D eigenvalue weighted by Gasteiger charge is 2.29. The molecular formula is C25H28FN3O3S. The van der Waals surface area contributed by atoms with Crippen molar-refractivity contribution in [2.75, 3.05) is 0 Å². The van der Waals surface area contributed by atoms with Crippen molar-refractivity contribution >= 4 is 15.9 Å². The summed E-state index contributed by atoms with van der Waals surface area (Å²) in [5, 5.41) is 2.99. The van der Waals surface area contributed by atoms with Crippen LogP contribution in [0, 0.1) is 11.7 Å². The van der Waals surface area contributed by atoms with Gasteiger partial charge in [-0.25, -0.2) is 17.5 Å². The fraction of sp³-hybridized carbons (Fsp3) is 0.320. The Morgan fingerprint density at radius 3 is 2.27 bits per heavy atom. The third-order valence-corrected chi connectivity index (χ3v) is 7.76. The van der Waals surface area contributed by atoms with E-state index in [1.165, 1.54) is 12.1 Å². The zero-order valence-electron chi connectivity index (χ0n) is 18.4. The van der Waals surface area contributed by atoms with E-state index in [9.17, 15) is 17.6 Å². The van der Waals surface area contributed by atoms with E-state index in [1.54, 1.807) is 36.4 Å². The molecule has 174 valence electrons. The summed E-state index contributed by atoms with van der Waals surface area (Å²) in [5.74, 6) is -0.517. The molecule has 0 unspecified atom stereocenters. The number of nitrogens with one attached hydrogen (secondary N) is 3. The topological polar surface area (TPSA) is 91.1 Å². The summed E-state index contributed by atoms with van der Waals surface area (Å²) in [6.07, 6.45) is 4.25. The Hall–Kier alpha value is -2.97. The zero-order valence-corrected chi connectivity index (χ0v) is 19.2. The smallest absolute Gasteiger partial charge is 0.240 e. The van der Waals surface area contributed by atoms with E-state index in [4.69, 9.17) is 0 Å². The van der Waals surface area contributed by atoms with Crippen LogP contribution in [0.1, 0.15) is 44.2 Å². The lowest BCUT2D eigenvalue weighted by Crippen LogP contribution is -2.41. The number of hydrogen-bond donors (Lipinski definition) is 3. The Balaban J connectivity index is 1.29. The Kier molecular flexibility index (Phi) is 6.95. The molecule has 2 aromatic carbocycles. The van der Waals surface area contributed by atoms with Gasteiger partial charge in [-0.1, -0.05) is 24.3 Å². The normalized spacial score (nSPS) is 19.7. The maximum absolute atomic E-state index is 13.1. The molecule has 3 N–H and O–H groups in total. The van der Waals surface area contributed by atoms with Gasteiger partial charge < -0.3 is 10.3 Å². The Bertz CT molecular complexity index is 1170. The van der Waals surface area contributed by atoms with E-state index in [0.29, 0.717) is 25.7 Å². The Morgan fingerprint density at radius 1 is 1.00 bits per heavy atom. The largest absolute Gasteiger partial charge is 0.361 e. The summed E-state index contributed by atoms with van der Waals surface area (Å²) in [6, 6.07) is 16.3. The van der Waals surface area contributed by atoms with Gasteiger partial charge in [0.1, 0.15) is 5.82 Å². The third-order valence-electron chi connectivity index (χ3n) is 6.22. The van der Waals surface area contributed by atoms with Crippen molar-refractivity contribution < 1.29 is 17.6 Å². The minimum atomic E-state index is -3.63. The van der Waals surface area contributed by atoms with Crippen LogP contribution in [0.25, 0.3) is 11.3 Å². The number of carbonyl (C=O) groups excluding carboxylic acids is 1. The number of sulfonamides is 1. The first kappa shape index (κ1) is 23.2. The average molecular weight is 470 g/mol. The molecule has 0 aliphatic heterocycles. The minimum absolute atomic E-state index is 0.0481. The molecule has 0 radical (unpaired) electrons. The molecule has 0 saturated heterocycles. The molecule has 1 amide bonds. The molecule has 1 aliphatic rings. The van der Waals surface area contributed by atoms with Gasteiger partial charge in [0.2, 0.25) is 15.9 Å². The summed E-state index contributed by atoms with van der Waals surface area (Å²) in [5.41, 5.74) is 2.69. The lowest BCUT2D eigenvalue weighted by molar-refractivity contribution is -0.126. The molecule has 6 nitrogen and oxygen atoms in total. The number of halogens is 1. The SMILES string of the molecule is C[C@@H](NC(=O)[C@H]1CC[C@H](NS(=O)(=O)c2ccc(-c3ccc[nH]3)cc2)CC1)c1ccc(F)cc1. The van der Waals surface area contributed by atoms with Gasteiger partial charge in [0.15, 0.2) is 0 Å². The van der Waals surface area contributed by atoms with E-state index < -0.39 is 10.0 Å². The van der Waals surface area contributed by atoms with Crippen LogP contribution in [0.4, 0.5) is 4.39 Å². The first-order chi connectivity index (χ1) is 15.8. The van der Waals surface area contributed by atoms with Crippen molar-refractivity contribution in [3.8, 4) is 11.3 Å². The summed E-state index contributed by atoms with van der Waals surface area (Å²) in [4.78, 5) is 16.0. The molecule has 0 bridgehead atoms. The maximum atomic E-state index is 13.1. The second-order valence-corrected chi connectivity index (χ2v) is 10.3. The lowest BCUT2D eigenvalue weighted by Gasteiger charge is -2.29. The van der Waals surface area contributed by atoms with E-state index in [2.05, 4.69) is 15.0 Å². The molecule has 8 heteroatoms. The van der Waals surface area contributed by atoms with Gasteiger partial charge in [0.25, 0.3) is 0 Å². The number of rotatable bonds is 7. The van der Waals surface area contributed by atoms with Crippen LogP contribution < -0.4 is 10.0 Å². The average Bonchev–Trinajstić information content (AvgIpc) is 3.35. The number of aromatic nitrogens is 1. The third kappa shape index (κ3) is 5.69. The van der Waals surface area contributed by atoms with Crippen LogP contribution in [-0.4, -0.2) is 25.4 Å². The van der Waals surface area contributed by atoms with Crippen LogP contribution in [0.3, 0.4) is 0 Å². The summed E-state index contributed by atoms with van der Waals surface area (Å²) >= 11 is 0.